The van der Waals surface area contributed by atoms with E-state index in [1.165, 1.54) is 5.56 Å². The van der Waals surface area contributed by atoms with Crippen molar-refractivity contribution < 1.29 is 4.74 Å². The van der Waals surface area contributed by atoms with Crippen molar-refractivity contribution in [1.29, 1.82) is 0 Å². The second kappa shape index (κ2) is 6.04. The van der Waals surface area contributed by atoms with Crippen LogP contribution in [-0.2, 0) is 6.54 Å². The summed E-state index contributed by atoms with van der Waals surface area (Å²) in [6, 6.07) is 17.7. The molecule has 2 aromatic carbocycles. The highest BCUT2D eigenvalue weighted by Gasteiger charge is 2.07. The minimum absolute atomic E-state index is 0.601. The molecule has 0 saturated heterocycles. The summed E-state index contributed by atoms with van der Waals surface area (Å²) in [6.45, 7) is 0.664. The van der Waals surface area contributed by atoms with Crippen LogP contribution in [0.1, 0.15) is 5.56 Å². The summed E-state index contributed by atoms with van der Waals surface area (Å²) in [5.41, 5.74) is 2.04. The molecule has 21 heavy (non-hydrogen) atoms. The van der Waals surface area contributed by atoms with E-state index in [1.807, 2.05) is 42.5 Å². The maximum atomic E-state index is 5.15. The van der Waals surface area contributed by atoms with Crippen LogP contribution in [0.3, 0.4) is 0 Å². The normalized spacial score (nSPS) is 10.3. The molecule has 0 bridgehead atoms. The zero-order valence-electron chi connectivity index (χ0n) is 11.6. The molecular formula is C15H15N5O. The SMILES string of the molecule is COc1ccc(-n2nnnc2NCc2ccccc2)cc1. The predicted octanol–water partition coefficient (Wildman–Crippen LogP) is 2.28. The first kappa shape index (κ1) is 13.1. The molecule has 0 unspecified atom stereocenters. The van der Waals surface area contributed by atoms with Gasteiger partial charge in [0.25, 0.3) is 0 Å². The zero-order valence-corrected chi connectivity index (χ0v) is 11.6. The number of rotatable bonds is 5. The number of tetrazole rings is 1. The Kier molecular flexibility index (Phi) is 3.77. The molecule has 0 amide bonds. The second-order valence-electron chi connectivity index (χ2n) is 4.45. The van der Waals surface area contributed by atoms with Crippen molar-refractivity contribution in [3.8, 4) is 11.4 Å². The van der Waals surface area contributed by atoms with Crippen LogP contribution >= 0.6 is 0 Å². The summed E-state index contributed by atoms with van der Waals surface area (Å²) < 4.78 is 6.80. The molecule has 3 aromatic rings. The largest absolute Gasteiger partial charge is 0.497 e. The van der Waals surface area contributed by atoms with E-state index in [-0.39, 0.29) is 0 Å². The van der Waals surface area contributed by atoms with Gasteiger partial charge in [0.2, 0.25) is 5.95 Å². The van der Waals surface area contributed by atoms with Gasteiger partial charge in [-0.2, -0.15) is 4.68 Å². The van der Waals surface area contributed by atoms with Crippen molar-refractivity contribution in [2.45, 2.75) is 6.54 Å². The van der Waals surface area contributed by atoms with Gasteiger partial charge in [0.1, 0.15) is 5.75 Å². The van der Waals surface area contributed by atoms with Gasteiger partial charge in [0.15, 0.2) is 0 Å². The summed E-state index contributed by atoms with van der Waals surface area (Å²) >= 11 is 0. The third-order valence-corrected chi connectivity index (χ3v) is 3.08. The van der Waals surface area contributed by atoms with Gasteiger partial charge in [-0.3, -0.25) is 0 Å². The fourth-order valence-corrected chi connectivity index (χ4v) is 1.97. The minimum atomic E-state index is 0.601. The van der Waals surface area contributed by atoms with Gasteiger partial charge in [-0.05, 0) is 40.3 Å². The Balaban J connectivity index is 1.77. The number of hydrogen-bond donors (Lipinski definition) is 1. The van der Waals surface area contributed by atoms with Crippen LogP contribution in [0.5, 0.6) is 5.75 Å². The van der Waals surface area contributed by atoms with Crippen molar-refractivity contribution in [3.63, 3.8) is 0 Å². The van der Waals surface area contributed by atoms with Crippen molar-refractivity contribution in [1.82, 2.24) is 20.2 Å². The Morgan fingerprint density at radius 1 is 1.05 bits per heavy atom. The number of anilines is 1. The van der Waals surface area contributed by atoms with Crippen LogP contribution < -0.4 is 10.1 Å². The van der Waals surface area contributed by atoms with Gasteiger partial charge in [0, 0.05) is 6.54 Å². The number of nitrogens with one attached hydrogen (secondary N) is 1. The summed E-state index contributed by atoms with van der Waals surface area (Å²) in [4.78, 5) is 0. The second-order valence-corrected chi connectivity index (χ2v) is 4.45. The maximum absolute atomic E-state index is 5.15. The quantitative estimate of drug-likeness (QED) is 0.777. The molecule has 0 fully saturated rings. The Morgan fingerprint density at radius 3 is 2.52 bits per heavy atom. The minimum Gasteiger partial charge on any atom is -0.497 e. The van der Waals surface area contributed by atoms with Crippen LogP contribution in [-0.4, -0.2) is 27.3 Å². The fourth-order valence-electron chi connectivity index (χ4n) is 1.97. The van der Waals surface area contributed by atoms with Gasteiger partial charge in [-0.1, -0.05) is 35.4 Å². The highest BCUT2D eigenvalue weighted by Crippen LogP contribution is 2.16. The van der Waals surface area contributed by atoms with E-state index in [0.717, 1.165) is 11.4 Å². The fraction of sp³-hybridized carbons (Fsp3) is 0.133. The van der Waals surface area contributed by atoms with Crippen LogP contribution in [0.15, 0.2) is 54.6 Å². The van der Waals surface area contributed by atoms with Crippen LogP contribution in [0.2, 0.25) is 0 Å². The lowest BCUT2D eigenvalue weighted by molar-refractivity contribution is 0.414. The van der Waals surface area contributed by atoms with E-state index in [1.54, 1.807) is 11.8 Å². The maximum Gasteiger partial charge on any atom is 0.248 e. The molecule has 0 spiro atoms. The number of aromatic nitrogens is 4. The topological polar surface area (TPSA) is 64.9 Å². The highest BCUT2D eigenvalue weighted by atomic mass is 16.5. The summed E-state index contributed by atoms with van der Waals surface area (Å²) in [6.07, 6.45) is 0. The molecule has 0 atom stereocenters. The van der Waals surface area contributed by atoms with Crippen LogP contribution in [0.25, 0.3) is 5.69 Å². The van der Waals surface area contributed by atoms with Gasteiger partial charge < -0.3 is 10.1 Å². The lowest BCUT2D eigenvalue weighted by Crippen LogP contribution is -2.07. The number of ether oxygens (including phenoxy) is 1. The molecule has 6 heteroatoms. The predicted molar refractivity (Wildman–Crippen MR) is 79.5 cm³/mol. The van der Waals surface area contributed by atoms with Gasteiger partial charge in [-0.15, -0.1) is 0 Å². The third-order valence-electron chi connectivity index (χ3n) is 3.08. The molecule has 0 aliphatic rings. The molecule has 0 aliphatic carbocycles. The molecule has 106 valence electrons. The highest BCUT2D eigenvalue weighted by molar-refractivity contribution is 5.42. The number of nitrogens with zero attached hydrogens (tertiary/aromatic N) is 4. The van der Waals surface area contributed by atoms with Crippen LogP contribution in [0, 0.1) is 0 Å². The monoisotopic (exact) mass is 281 g/mol. The van der Waals surface area contributed by atoms with Crippen molar-refractivity contribution in [2.75, 3.05) is 12.4 Å². The molecule has 0 radical (unpaired) electrons. The van der Waals surface area contributed by atoms with Gasteiger partial charge in [-0.25, -0.2) is 0 Å². The smallest absolute Gasteiger partial charge is 0.248 e. The summed E-state index contributed by atoms with van der Waals surface area (Å²) in [5.74, 6) is 1.40. The molecule has 6 nitrogen and oxygen atoms in total. The average Bonchev–Trinajstić information content (AvgIpc) is 3.02. The third kappa shape index (κ3) is 3.00. The van der Waals surface area contributed by atoms with Crippen LogP contribution in [0.4, 0.5) is 5.95 Å². The summed E-state index contributed by atoms with van der Waals surface area (Å²) in [5, 5.41) is 15.0. The average molecular weight is 281 g/mol. The van der Waals surface area contributed by atoms with E-state index < -0.39 is 0 Å². The molecule has 1 aromatic heterocycles. The zero-order chi connectivity index (χ0) is 14.5. The molecule has 1 heterocycles. The molecule has 0 saturated carbocycles. The molecule has 1 N–H and O–H groups in total. The van der Waals surface area contributed by atoms with E-state index in [4.69, 9.17) is 4.74 Å². The Morgan fingerprint density at radius 2 is 1.81 bits per heavy atom. The number of methoxy groups -OCH3 is 1. The number of hydrogen-bond acceptors (Lipinski definition) is 5. The van der Waals surface area contributed by atoms with Gasteiger partial charge >= 0.3 is 0 Å². The summed E-state index contributed by atoms with van der Waals surface area (Å²) in [7, 11) is 1.64. The van der Waals surface area contributed by atoms with E-state index >= 15 is 0 Å². The van der Waals surface area contributed by atoms with Crippen molar-refractivity contribution >= 4 is 5.95 Å². The first-order chi connectivity index (χ1) is 10.4. The lowest BCUT2D eigenvalue weighted by atomic mass is 10.2. The Hall–Kier alpha value is -2.89. The van der Waals surface area contributed by atoms with E-state index in [0.29, 0.717) is 12.5 Å². The first-order valence-corrected chi connectivity index (χ1v) is 6.57. The molecular weight excluding hydrogens is 266 g/mol. The Labute approximate surface area is 122 Å². The molecule has 3 rings (SSSR count). The number of benzene rings is 2. The molecule has 0 aliphatic heterocycles. The van der Waals surface area contributed by atoms with Gasteiger partial charge in [0.05, 0.1) is 12.8 Å². The van der Waals surface area contributed by atoms with E-state index in [9.17, 15) is 0 Å². The van der Waals surface area contributed by atoms with Crippen molar-refractivity contribution in [3.05, 3.63) is 60.2 Å². The van der Waals surface area contributed by atoms with E-state index in [2.05, 4.69) is 33.0 Å². The Bertz CT molecular complexity index is 694. The van der Waals surface area contributed by atoms with Crippen molar-refractivity contribution in [2.24, 2.45) is 0 Å². The first-order valence-electron chi connectivity index (χ1n) is 6.57. The lowest BCUT2D eigenvalue weighted by Gasteiger charge is -2.07. The standard InChI is InChI=1S/C15H15N5O/c1-21-14-9-7-13(8-10-14)20-15(17-18-19-20)16-11-12-5-3-2-4-6-12/h2-10H,11H2,1H3,(H,16,17,19).